The molecule has 0 radical (unpaired) electrons. The second-order valence-electron chi connectivity index (χ2n) is 7.90. The van der Waals surface area contributed by atoms with E-state index in [1.807, 2.05) is 43.3 Å². The Hall–Kier alpha value is -3.77. The van der Waals surface area contributed by atoms with Gasteiger partial charge >= 0.3 is 5.97 Å². The second-order valence-corrected chi connectivity index (χ2v) is 7.90. The van der Waals surface area contributed by atoms with Crippen LogP contribution in [-0.2, 0) is 24.4 Å². The molecule has 0 aliphatic carbocycles. The van der Waals surface area contributed by atoms with Crippen LogP contribution in [0, 0.1) is 0 Å². The zero-order valence-corrected chi connectivity index (χ0v) is 18.2. The van der Waals surface area contributed by atoms with Crippen LogP contribution in [-0.4, -0.2) is 25.2 Å². The standard InChI is InChI=1S/C26H26N2O4/c1-28(2)23-12-20(18-8-5-6-17(10-18)14-27)11-22-21(16-32-26(22)23)15-31-24-9-4-3-7-19(24)13-25(29)30/h3-12,16H,13-15,27H2,1-2H3,(H,29,30). The molecule has 0 aliphatic heterocycles. The monoisotopic (exact) mass is 430 g/mol. The Balaban J connectivity index is 1.72. The van der Waals surface area contributed by atoms with Crippen LogP contribution in [0.4, 0.5) is 5.69 Å². The fourth-order valence-corrected chi connectivity index (χ4v) is 3.77. The third-order valence-electron chi connectivity index (χ3n) is 5.41. The molecule has 6 nitrogen and oxygen atoms in total. The number of furan rings is 1. The number of carbonyl (C=O) groups is 1. The van der Waals surface area contributed by atoms with Crippen molar-refractivity contribution in [3.8, 4) is 16.9 Å². The van der Waals surface area contributed by atoms with Crippen LogP contribution in [0.15, 0.2) is 71.3 Å². The van der Waals surface area contributed by atoms with Crippen LogP contribution >= 0.6 is 0 Å². The predicted molar refractivity (Wildman–Crippen MR) is 126 cm³/mol. The van der Waals surface area contributed by atoms with E-state index >= 15 is 0 Å². The lowest BCUT2D eigenvalue weighted by Gasteiger charge is -2.15. The van der Waals surface area contributed by atoms with E-state index in [1.54, 1.807) is 18.4 Å². The Morgan fingerprint density at radius 2 is 1.84 bits per heavy atom. The highest BCUT2D eigenvalue weighted by Gasteiger charge is 2.16. The molecule has 4 rings (SSSR count). The highest BCUT2D eigenvalue weighted by Crippen LogP contribution is 2.36. The molecule has 4 aromatic rings. The highest BCUT2D eigenvalue weighted by molar-refractivity contribution is 5.96. The number of carboxylic acid groups (broad SMARTS) is 1. The normalized spacial score (nSPS) is 11.0. The summed E-state index contributed by atoms with van der Waals surface area (Å²) in [6.45, 7) is 0.750. The van der Waals surface area contributed by atoms with Crippen molar-refractivity contribution in [3.05, 3.63) is 83.6 Å². The minimum absolute atomic E-state index is 0.0886. The predicted octanol–water partition coefficient (Wildman–Crippen LogP) is 4.83. The van der Waals surface area contributed by atoms with Gasteiger partial charge in [-0.05, 0) is 41.0 Å². The average molecular weight is 431 g/mol. The number of benzene rings is 3. The smallest absolute Gasteiger partial charge is 0.307 e. The van der Waals surface area contributed by atoms with Crippen molar-refractivity contribution >= 4 is 22.6 Å². The number of nitrogens with two attached hydrogens (primary N) is 1. The van der Waals surface area contributed by atoms with Crippen molar-refractivity contribution in [1.82, 2.24) is 0 Å². The van der Waals surface area contributed by atoms with E-state index in [0.29, 0.717) is 17.9 Å². The van der Waals surface area contributed by atoms with Crippen molar-refractivity contribution in [3.63, 3.8) is 0 Å². The maximum Gasteiger partial charge on any atom is 0.307 e. The molecule has 3 N–H and O–H groups in total. The molecule has 0 atom stereocenters. The van der Waals surface area contributed by atoms with E-state index in [2.05, 4.69) is 24.3 Å². The third-order valence-corrected chi connectivity index (χ3v) is 5.41. The molecule has 0 aliphatic rings. The lowest BCUT2D eigenvalue weighted by molar-refractivity contribution is -0.136. The van der Waals surface area contributed by atoms with Gasteiger partial charge < -0.3 is 24.9 Å². The Morgan fingerprint density at radius 1 is 1.03 bits per heavy atom. The summed E-state index contributed by atoms with van der Waals surface area (Å²) in [6.07, 6.45) is 1.62. The van der Waals surface area contributed by atoms with E-state index in [9.17, 15) is 4.79 Å². The first-order valence-corrected chi connectivity index (χ1v) is 10.4. The Morgan fingerprint density at radius 3 is 2.59 bits per heavy atom. The minimum atomic E-state index is -0.894. The third kappa shape index (κ3) is 4.45. The Labute approximate surface area is 186 Å². The number of rotatable bonds is 8. The summed E-state index contributed by atoms with van der Waals surface area (Å²) in [5, 5.41) is 10.1. The molecule has 0 bridgehead atoms. The van der Waals surface area contributed by atoms with Crippen LogP contribution < -0.4 is 15.4 Å². The topological polar surface area (TPSA) is 88.9 Å². The highest BCUT2D eigenvalue weighted by atomic mass is 16.5. The molecule has 32 heavy (non-hydrogen) atoms. The number of hydrogen-bond acceptors (Lipinski definition) is 5. The van der Waals surface area contributed by atoms with Crippen molar-refractivity contribution in [2.24, 2.45) is 5.73 Å². The molecule has 0 saturated carbocycles. The molecule has 0 unspecified atom stereocenters. The molecule has 164 valence electrons. The number of hydrogen-bond donors (Lipinski definition) is 2. The molecular weight excluding hydrogens is 404 g/mol. The molecule has 3 aromatic carbocycles. The van der Waals surface area contributed by atoms with Crippen LogP contribution in [0.25, 0.3) is 22.1 Å². The number of para-hydroxylation sites is 1. The van der Waals surface area contributed by atoms with Gasteiger partial charge in [0.05, 0.1) is 18.4 Å². The molecule has 1 heterocycles. The maximum absolute atomic E-state index is 11.2. The Bertz CT molecular complexity index is 1260. The lowest BCUT2D eigenvalue weighted by Crippen LogP contribution is -2.09. The number of fused-ring (bicyclic) bond motifs is 1. The number of ether oxygens (including phenoxy) is 1. The van der Waals surface area contributed by atoms with Gasteiger partial charge in [0.15, 0.2) is 5.58 Å². The van der Waals surface area contributed by atoms with Gasteiger partial charge in [0, 0.05) is 37.2 Å². The van der Waals surface area contributed by atoms with Crippen molar-refractivity contribution in [2.75, 3.05) is 19.0 Å². The summed E-state index contributed by atoms with van der Waals surface area (Å²) in [7, 11) is 3.96. The van der Waals surface area contributed by atoms with E-state index < -0.39 is 5.97 Å². The molecule has 1 aromatic heterocycles. The number of nitrogens with zero attached hydrogens (tertiary/aromatic N) is 1. The Kier molecular flexibility index (Phi) is 6.14. The van der Waals surface area contributed by atoms with Gasteiger partial charge in [-0.3, -0.25) is 4.79 Å². The first kappa shape index (κ1) is 21.5. The molecular formula is C26H26N2O4. The number of aliphatic carboxylic acids is 1. The molecule has 6 heteroatoms. The summed E-state index contributed by atoms with van der Waals surface area (Å²) in [4.78, 5) is 13.2. The van der Waals surface area contributed by atoms with Gasteiger partial charge in [-0.25, -0.2) is 0 Å². The van der Waals surface area contributed by atoms with Gasteiger partial charge in [-0.15, -0.1) is 0 Å². The number of carboxylic acids is 1. The summed E-state index contributed by atoms with van der Waals surface area (Å²) in [5.41, 5.74) is 12.3. The van der Waals surface area contributed by atoms with Gasteiger partial charge in [0.2, 0.25) is 0 Å². The first-order valence-electron chi connectivity index (χ1n) is 10.4. The lowest BCUT2D eigenvalue weighted by atomic mass is 9.99. The summed E-state index contributed by atoms with van der Waals surface area (Å²) in [5.74, 6) is -0.335. The van der Waals surface area contributed by atoms with Gasteiger partial charge in [-0.2, -0.15) is 0 Å². The van der Waals surface area contributed by atoms with Crippen LogP contribution in [0.2, 0.25) is 0 Å². The minimum Gasteiger partial charge on any atom is -0.488 e. The van der Waals surface area contributed by atoms with Crippen molar-refractivity contribution < 1.29 is 19.1 Å². The SMILES string of the molecule is CN(C)c1cc(-c2cccc(CN)c2)cc2c(COc3ccccc3CC(=O)O)coc12. The quantitative estimate of drug-likeness (QED) is 0.416. The van der Waals surface area contributed by atoms with Gasteiger partial charge in [0.25, 0.3) is 0 Å². The summed E-state index contributed by atoms with van der Waals surface area (Å²) in [6, 6.07) is 19.6. The van der Waals surface area contributed by atoms with E-state index in [0.717, 1.165) is 38.9 Å². The number of anilines is 1. The largest absolute Gasteiger partial charge is 0.488 e. The van der Waals surface area contributed by atoms with Gasteiger partial charge in [-0.1, -0.05) is 36.4 Å². The van der Waals surface area contributed by atoms with Crippen LogP contribution in [0.1, 0.15) is 16.7 Å². The zero-order chi connectivity index (χ0) is 22.7. The summed E-state index contributed by atoms with van der Waals surface area (Å²) >= 11 is 0. The molecule has 0 fully saturated rings. The zero-order valence-electron chi connectivity index (χ0n) is 18.2. The van der Waals surface area contributed by atoms with Crippen molar-refractivity contribution in [1.29, 1.82) is 0 Å². The van der Waals surface area contributed by atoms with Crippen molar-refractivity contribution in [2.45, 2.75) is 19.6 Å². The average Bonchev–Trinajstić information content (AvgIpc) is 3.20. The molecule has 0 spiro atoms. The van der Waals surface area contributed by atoms with Crippen LogP contribution in [0.3, 0.4) is 0 Å². The summed E-state index contributed by atoms with van der Waals surface area (Å²) < 4.78 is 11.9. The second kappa shape index (κ2) is 9.16. The van der Waals surface area contributed by atoms with E-state index in [1.165, 1.54) is 0 Å². The van der Waals surface area contributed by atoms with Gasteiger partial charge in [0.1, 0.15) is 12.4 Å². The fourth-order valence-electron chi connectivity index (χ4n) is 3.77. The molecule has 0 amide bonds. The molecule has 0 saturated heterocycles. The maximum atomic E-state index is 11.2. The first-order chi connectivity index (χ1) is 15.5. The van der Waals surface area contributed by atoms with E-state index in [4.69, 9.17) is 20.0 Å². The van der Waals surface area contributed by atoms with Crippen LogP contribution in [0.5, 0.6) is 5.75 Å². The van der Waals surface area contributed by atoms with E-state index in [-0.39, 0.29) is 13.0 Å². The fraction of sp³-hybridized carbons (Fsp3) is 0.192.